The van der Waals surface area contributed by atoms with Gasteiger partial charge in [0.1, 0.15) is 6.54 Å². The van der Waals surface area contributed by atoms with Crippen LogP contribution in [-0.4, -0.2) is 27.1 Å². The molecule has 2 aromatic heterocycles. The van der Waals surface area contributed by atoms with E-state index >= 15 is 0 Å². The summed E-state index contributed by atoms with van der Waals surface area (Å²) in [5, 5.41) is 8.61. The van der Waals surface area contributed by atoms with Gasteiger partial charge in [-0.25, -0.2) is 0 Å². The van der Waals surface area contributed by atoms with E-state index < -0.39 is 0 Å². The first kappa shape index (κ1) is 13.4. The van der Waals surface area contributed by atoms with Crippen molar-refractivity contribution >= 4 is 17.2 Å². The Balaban J connectivity index is 1.75. The van der Waals surface area contributed by atoms with Crippen molar-refractivity contribution in [3.63, 3.8) is 0 Å². The summed E-state index contributed by atoms with van der Waals surface area (Å²) in [4.78, 5) is 14.6. The van der Waals surface area contributed by atoms with Gasteiger partial charge >= 0.3 is 0 Å². The van der Waals surface area contributed by atoms with Gasteiger partial charge in [0.15, 0.2) is 0 Å². The number of hydrogen-bond acceptors (Lipinski definition) is 3. The van der Waals surface area contributed by atoms with Gasteiger partial charge in [-0.1, -0.05) is 0 Å². The fraction of sp³-hybridized carbons (Fsp3) is 0.467. The summed E-state index contributed by atoms with van der Waals surface area (Å²) >= 11 is 1.69. The molecule has 1 saturated heterocycles. The number of nitrogens with zero attached hydrogens (tertiary/aromatic N) is 3. The van der Waals surface area contributed by atoms with Gasteiger partial charge in [0.05, 0.1) is 11.7 Å². The minimum absolute atomic E-state index is 0.171. The lowest BCUT2D eigenvalue weighted by atomic mass is 10.1. The van der Waals surface area contributed by atoms with E-state index in [-0.39, 0.29) is 11.9 Å². The zero-order chi connectivity index (χ0) is 14.1. The third-order valence-electron chi connectivity index (χ3n) is 3.89. The number of aryl methyl sites for hydroxylation is 2. The maximum atomic E-state index is 12.6. The van der Waals surface area contributed by atoms with Gasteiger partial charge in [0, 0.05) is 12.2 Å². The smallest absolute Gasteiger partial charge is 0.244 e. The van der Waals surface area contributed by atoms with E-state index in [1.165, 1.54) is 5.56 Å². The van der Waals surface area contributed by atoms with Gasteiger partial charge in [-0.3, -0.25) is 9.48 Å². The monoisotopic (exact) mass is 289 g/mol. The average Bonchev–Trinajstić information content (AvgIpc) is 3.11. The summed E-state index contributed by atoms with van der Waals surface area (Å²) in [5.41, 5.74) is 3.28. The van der Waals surface area contributed by atoms with Crippen LogP contribution in [0.5, 0.6) is 0 Å². The molecular weight excluding hydrogens is 270 g/mol. The van der Waals surface area contributed by atoms with Crippen LogP contribution < -0.4 is 0 Å². The Hall–Kier alpha value is -1.62. The van der Waals surface area contributed by atoms with Gasteiger partial charge in [-0.05, 0) is 55.1 Å². The predicted octanol–water partition coefficient (Wildman–Crippen LogP) is 2.93. The van der Waals surface area contributed by atoms with Crippen LogP contribution >= 0.6 is 11.3 Å². The maximum Gasteiger partial charge on any atom is 0.244 e. The molecule has 0 N–H and O–H groups in total. The molecule has 4 nitrogen and oxygen atoms in total. The van der Waals surface area contributed by atoms with E-state index in [4.69, 9.17) is 0 Å². The average molecular weight is 289 g/mol. The molecular formula is C15H19N3OS. The third kappa shape index (κ3) is 2.50. The van der Waals surface area contributed by atoms with Crippen LogP contribution in [0.4, 0.5) is 0 Å². The molecule has 106 valence electrons. The molecule has 0 bridgehead atoms. The van der Waals surface area contributed by atoms with Crippen LogP contribution in [0, 0.1) is 13.8 Å². The van der Waals surface area contributed by atoms with Crippen LogP contribution in [-0.2, 0) is 11.3 Å². The zero-order valence-corrected chi connectivity index (χ0v) is 12.7. The molecule has 1 fully saturated rings. The summed E-state index contributed by atoms with van der Waals surface area (Å²) in [6, 6.07) is 4.39. The molecule has 0 saturated carbocycles. The highest BCUT2D eigenvalue weighted by Gasteiger charge is 2.30. The van der Waals surface area contributed by atoms with E-state index in [1.807, 2.05) is 24.8 Å². The quantitative estimate of drug-likeness (QED) is 0.871. The molecule has 1 aliphatic heterocycles. The van der Waals surface area contributed by atoms with E-state index in [2.05, 4.69) is 21.9 Å². The molecule has 1 amide bonds. The Labute approximate surface area is 123 Å². The van der Waals surface area contributed by atoms with Crippen molar-refractivity contribution in [3.8, 4) is 0 Å². The third-order valence-corrected chi connectivity index (χ3v) is 4.59. The highest BCUT2D eigenvalue weighted by atomic mass is 32.1. The molecule has 0 aromatic carbocycles. The lowest BCUT2D eigenvalue weighted by Gasteiger charge is -2.24. The topological polar surface area (TPSA) is 38.1 Å². The van der Waals surface area contributed by atoms with Crippen molar-refractivity contribution in [3.05, 3.63) is 39.8 Å². The number of thiophene rings is 1. The number of rotatable bonds is 3. The first-order valence-electron chi connectivity index (χ1n) is 6.98. The molecule has 2 aromatic rings. The first-order chi connectivity index (χ1) is 9.65. The Morgan fingerprint density at radius 3 is 3.00 bits per heavy atom. The highest BCUT2D eigenvalue weighted by molar-refractivity contribution is 7.07. The predicted molar refractivity (Wildman–Crippen MR) is 79.7 cm³/mol. The zero-order valence-electron chi connectivity index (χ0n) is 11.9. The van der Waals surface area contributed by atoms with Crippen LogP contribution in [0.25, 0.3) is 0 Å². The summed E-state index contributed by atoms with van der Waals surface area (Å²) < 4.78 is 1.81. The fourth-order valence-corrected chi connectivity index (χ4v) is 3.64. The van der Waals surface area contributed by atoms with Crippen molar-refractivity contribution in [1.82, 2.24) is 14.7 Å². The minimum atomic E-state index is 0.171. The van der Waals surface area contributed by atoms with Gasteiger partial charge in [0.2, 0.25) is 5.91 Å². The molecule has 3 heterocycles. The molecule has 0 radical (unpaired) electrons. The summed E-state index contributed by atoms with van der Waals surface area (Å²) in [6.07, 6.45) is 2.16. The second-order valence-electron chi connectivity index (χ2n) is 5.39. The van der Waals surface area contributed by atoms with Crippen LogP contribution in [0.15, 0.2) is 22.9 Å². The normalized spacial score (nSPS) is 18.7. The Kier molecular flexibility index (Phi) is 3.61. The number of hydrogen-bond donors (Lipinski definition) is 0. The number of amides is 1. The Bertz CT molecular complexity index is 603. The highest BCUT2D eigenvalue weighted by Crippen LogP contribution is 2.33. The van der Waals surface area contributed by atoms with Crippen molar-refractivity contribution in [1.29, 1.82) is 0 Å². The molecule has 0 spiro atoms. The van der Waals surface area contributed by atoms with Gasteiger partial charge in [-0.15, -0.1) is 0 Å². The second kappa shape index (κ2) is 5.40. The van der Waals surface area contributed by atoms with Crippen LogP contribution in [0.3, 0.4) is 0 Å². The van der Waals surface area contributed by atoms with E-state index in [9.17, 15) is 4.79 Å². The fourth-order valence-electron chi connectivity index (χ4n) is 2.93. The van der Waals surface area contributed by atoms with E-state index in [0.29, 0.717) is 6.54 Å². The molecule has 20 heavy (non-hydrogen) atoms. The largest absolute Gasteiger partial charge is 0.334 e. The van der Waals surface area contributed by atoms with Gasteiger partial charge in [-0.2, -0.15) is 16.4 Å². The number of likely N-dealkylation sites (tertiary alicyclic amines) is 1. The summed E-state index contributed by atoms with van der Waals surface area (Å²) in [5.74, 6) is 0.171. The van der Waals surface area contributed by atoms with Crippen LogP contribution in [0.2, 0.25) is 0 Å². The molecule has 0 unspecified atom stereocenters. The van der Waals surface area contributed by atoms with E-state index in [0.717, 1.165) is 30.8 Å². The lowest BCUT2D eigenvalue weighted by Crippen LogP contribution is -2.33. The molecule has 1 atom stereocenters. The van der Waals surface area contributed by atoms with E-state index in [1.54, 1.807) is 16.0 Å². The molecule has 0 aliphatic carbocycles. The summed E-state index contributed by atoms with van der Waals surface area (Å²) in [6.45, 7) is 5.16. The van der Waals surface area contributed by atoms with Crippen molar-refractivity contribution in [2.24, 2.45) is 0 Å². The standard InChI is InChI=1S/C15H19N3OS/c1-11-8-12(2)18(16-11)9-15(19)17-6-3-4-14(17)13-5-7-20-10-13/h5,7-8,10,14H,3-4,6,9H2,1-2H3/t14-/m1/s1. The number of carbonyl (C=O) groups excluding carboxylic acids is 1. The van der Waals surface area contributed by atoms with Crippen LogP contribution in [0.1, 0.15) is 35.8 Å². The molecule has 3 rings (SSSR count). The van der Waals surface area contributed by atoms with Gasteiger partial charge in [0.25, 0.3) is 0 Å². The van der Waals surface area contributed by atoms with Gasteiger partial charge < -0.3 is 4.90 Å². The second-order valence-corrected chi connectivity index (χ2v) is 6.17. The van der Waals surface area contributed by atoms with Crippen molar-refractivity contribution in [2.75, 3.05) is 6.54 Å². The Morgan fingerprint density at radius 2 is 2.35 bits per heavy atom. The van der Waals surface area contributed by atoms with Crippen molar-refractivity contribution in [2.45, 2.75) is 39.3 Å². The lowest BCUT2D eigenvalue weighted by molar-refractivity contribution is -0.133. The SMILES string of the molecule is Cc1cc(C)n(CC(=O)N2CCC[C@@H]2c2ccsc2)n1. The Morgan fingerprint density at radius 1 is 1.50 bits per heavy atom. The first-order valence-corrected chi connectivity index (χ1v) is 7.92. The minimum Gasteiger partial charge on any atom is -0.334 e. The molecule has 5 heteroatoms. The number of carbonyl (C=O) groups is 1. The molecule has 1 aliphatic rings. The summed E-state index contributed by atoms with van der Waals surface area (Å²) in [7, 11) is 0. The number of aromatic nitrogens is 2. The van der Waals surface area contributed by atoms with Crippen molar-refractivity contribution < 1.29 is 4.79 Å². The maximum absolute atomic E-state index is 12.6.